The second kappa shape index (κ2) is 6.95. The van der Waals surface area contributed by atoms with E-state index in [1.807, 2.05) is 56.9 Å². The molecule has 1 aliphatic carbocycles. The number of hydrogen-bond donors (Lipinski definition) is 0. The van der Waals surface area contributed by atoms with E-state index < -0.39 is 0 Å². The van der Waals surface area contributed by atoms with Crippen LogP contribution >= 0.6 is 0 Å². The molecule has 0 heterocycles. The van der Waals surface area contributed by atoms with E-state index in [0.717, 1.165) is 11.3 Å². The summed E-state index contributed by atoms with van der Waals surface area (Å²) < 4.78 is 0. The van der Waals surface area contributed by atoms with Crippen LogP contribution in [0.4, 0.5) is 5.69 Å². The van der Waals surface area contributed by atoms with E-state index in [1.54, 1.807) is 4.90 Å². The first-order valence-electron chi connectivity index (χ1n) is 8.20. The summed E-state index contributed by atoms with van der Waals surface area (Å²) in [4.78, 5) is 28.7. The van der Waals surface area contributed by atoms with Gasteiger partial charge in [0.2, 0.25) is 11.8 Å². The van der Waals surface area contributed by atoms with Crippen molar-refractivity contribution in [2.75, 3.05) is 24.5 Å². The lowest BCUT2D eigenvalue weighted by atomic mass is 10.2. The van der Waals surface area contributed by atoms with Crippen LogP contribution in [0.1, 0.15) is 32.8 Å². The zero-order valence-corrected chi connectivity index (χ0v) is 14.0. The average molecular weight is 302 g/mol. The van der Waals surface area contributed by atoms with Crippen molar-refractivity contribution in [3.63, 3.8) is 0 Å². The Morgan fingerprint density at radius 2 is 1.68 bits per heavy atom. The maximum absolute atomic E-state index is 12.7. The highest BCUT2D eigenvalue weighted by Crippen LogP contribution is 2.42. The monoisotopic (exact) mass is 302 g/mol. The second-order valence-electron chi connectivity index (χ2n) is 5.88. The molecule has 0 N–H and O–H groups in total. The molecule has 0 aliphatic heterocycles. The topological polar surface area (TPSA) is 40.6 Å². The maximum Gasteiger partial charge on any atom is 0.230 e. The molecule has 22 heavy (non-hydrogen) atoms. The summed E-state index contributed by atoms with van der Waals surface area (Å²) in [6, 6.07) is 7.96. The molecule has 2 rings (SSSR count). The van der Waals surface area contributed by atoms with Crippen molar-refractivity contribution in [3.05, 3.63) is 29.8 Å². The fourth-order valence-electron chi connectivity index (χ4n) is 2.97. The van der Waals surface area contributed by atoms with Gasteiger partial charge in [0, 0.05) is 25.3 Å². The molecule has 120 valence electrons. The predicted octanol–water partition coefficient (Wildman–Crippen LogP) is 2.85. The van der Waals surface area contributed by atoms with E-state index in [1.165, 1.54) is 0 Å². The molecule has 2 unspecified atom stereocenters. The summed E-state index contributed by atoms with van der Waals surface area (Å²) in [6.07, 6.45) is 0.691. The van der Waals surface area contributed by atoms with Gasteiger partial charge in [-0.15, -0.1) is 0 Å². The zero-order chi connectivity index (χ0) is 16.3. The van der Waals surface area contributed by atoms with Gasteiger partial charge in [-0.2, -0.15) is 0 Å². The van der Waals surface area contributed by atoms with Crippen molar-refractivity contribution in [2.24, 2.45) is 11.8 Å². The fraction of sp³-hybridized carbons (Fsp3) is 0.556. The van der Waals surface area contributed by atoms with E-state index >= 15 is 0 Å². The molecule has 0 radical (unpaired) electrons. The van der Waals surface area contributed by atoms with Gasteiger partial charge < -0.3 is 9.80 Å². The van der Waals surface area contributed by atoms with Crippen LogP contribution in [-0.4, -0.2) is 36.3 Å². The molecule has 2 amide bonds. The molecule has 1 aliphatic rings. The number of aryl methyl sites for hydroxylation is 1. The SMILES string of the molecule is CCN(CC)C(=O)C1CC1C(=O)N(CC)c1cccc(C)c1. The number of benzene rings is 1. The molecule has 1 saturated carbocycles. The Kier molecular flexibility index (Phi) is 5.22. The highest BCUT2D eigenvalue weighted by atomic mass is 16.2. The number of rotatable bonds is 6. The van der Waals surface area contributed by atoms with E-state index in [-0.39, 0.29) is 23.7 Å². The number of amides is 2. The third-order valence-electron chi connectivity index (χ3n) is 4.40. The summed E-state index contributed by atoms with van der Waals surface area (Å²) in [5.74, 6) is -0.0536. The summed E-state index contributed by atoms with van der Waals surface area (Å²) in [6.45, 7) is 10.0. The molecule has 0 bridgehead atoms. The standard InChI is InChI=1S/C18H26N2O2/c1-5-19(6-2)17(21)15-12-16(15)18(22)20(7-3)14-10-8-9-13(4)11-14/h8-11,15-16H,5-7,12H2,1-4H3. The number of nitrogens with zero attached hydrogens (tertiary/aromatic N) is 2. The van der Waals surface area contributed by atoms with Crippen molar-refractivity contribution in [1.29, 1.82) is 0 Å². The molecule has 0 spiro atoms. The minimum Gasteiger partial charge on any atom is -0.343 e. The Morgan fingerprint density at radius 3 is 2.23 bits per heavy atom. The third kappa shape index (κ3) is 3.32. The molecule has 1 aromatic carbocycles. The number of carbonyl (C=O) groups excluding carboxylic acids is 2. The van der Waals surface area contributed by atoms with Crippen LogP contribution in [0.25, 0.3) is 0 Å². The first kappa shape index (κ1) is 16.5. The lowest BCUT2D eigenvalue weighted by molar-refractivity contribution is -0.134. The quantitative estimate of drug-likeness (QED) is 0.810. The van der Waals surface area contributed by atoms with Gasteiger partial charge in [0.1, 0.15) is 0 Å². The van der Waals surface area contributed by atoms with Crippen LogP contribution in [0.2, 0.25) is 0 Å². The highest BCUT2D eigenvalue weighted by molar-refractivity contribution is 6.01. The highest BCUT2D eigenvalue weighted by Gasteiger charge is 2.50. The van der Waals surface area contributed by atoms with E-state index in [9.17, 15) is 9.59 Å². The van der Waals surface area contributed by atoms with E-state index in [2.05, 4.69) is 0 Å². The van der Waals surface area contributed by atoms with Gasteiger partial charge in [-0.05, 0) is 51.8 Å². The van der Waals surface area contributed by atoms with Gasteiger partial charge in [0.05, 0.1) is 11.8 Å². The average Bonchev–Trinajstić information content (AvgIpc) is 3.29. The first-order valence-corrected chi connectivity index (χ1v) is 8.20. The molecule has 4 nitrogen and oxygen atoms in total. The third-order valence-corrected chi connectivity index (χ3v) is 4.40. The summed E-state index contributed by atoms with van der Waals surface area (Å²) in [5, 5.41) is 0. The number of carbonyl (C=O) groups is 2. The van der Waals surface area contributed by atoms with Crippen LogP contribution in [0, 0.1) is 18.8 Å². The van der Waals surface area contributed by atoms with E-state index in [4.69, 9.17) is 0 Å². The molecular formula is C18H26N2O2. The number of anilines is 1. The Morgan fingerprint density at radius 1 is 1.05 bits per heavy atom. The minimum atomic E-state index is -0.145. The molecule has 0 saturated heterocycles. The summed E-state index contributed by atoms with van der Waals surface area (Å²) in [7, 11) is 0. The van der Waals surface area contributed by atoms with Gasteiger partial charge in [-0.1, -0.05) is 12.1 Å². The Labute approximate surface area is 133 Å². The molecule has 2 atom stereocenters. The largest absolute Gasteiger partial charge is 0.343 e. The Bertz CT molecular complexity index is 552. The van der Waals surface area contributed by atoms with Crippen molar-refractivity contribution in [1.82, 2.24) is 4.90 Å². The summed E-state index contributed by atoms with van der Waals surface area (Å²) >= 11 is 0. The molecule has 4 heteroatoms. The Hall–Kier alpha value is -1.84. The minimum absolute atomic E-state index is 0.0820. The van der Waals surface area contributed by atoms with Crippen molar-refractivity contribution in [3.8, 4) is 0 Å². The lowest BCUT2D eigenvalue weighted by Gasteiger charge is -2.22. The lowest BCUT2D eigenvalue weighted by Crippen LogP contribution is -2.36. The number of hydrogen-bond acceptors (Lipinski definition) is 2. The molecular weight excluding hydrogens is 276 g/mol. The Balaban J connectivity index is 2.07. The van der Waals surface area contributed by atoms with Crippen LogP contribution in [-0.2, 0) is 9.59 Å². The van der Waals surface area contributed by atoms with Gasteiger partial charge in [-0.3, -0.25) is 9.59 Å². The molecule has 0 aromatic heterocycles. The summed E-state index contributed by atoms with van der Waals surface area (Å²) in [5.41, 5.74) is 2.06. The van der Waals surface area contributed by atoms with Crippen LogP contribution < -0.4 is 4.90 Å². The maximum atomic E-state index is 12.7. The fourth-order valence-corrected chi connectivity index (χ4v) is 2.97. The smallest absolute Gasteiger partial charge is 0.230 e. The van der Waals surface area contributed by atoms with E-state index in [0.29, 0.717) is 26.1 Å². The predicted molar refractivity (Wildman–Crippen MR) is 88.7 cm³/mol. The van der Waals surface area contributed by atoms with Gasteiger partial charge in [0.15, 0.2) is 0 Å². The van der Waals surface area contributed by atoms with Crippen molar-refractivity contribution >= 4 is 17.5 Å². The van der Waals surface area contributed by atoms with Crippen LogP contribution in [0.3, 0.4) is 0 Å². The second-order valence-corrected chi connectivity index (χ2v) is 5.88. The zero-order valence-electron chi connectivity index (χ0n) is 14.0. The van der Waals surface area contributed by atoms with Gasteiger partial charge in [0.25, 0.3) is 0 Å². The van der Waals surface area contributed by atoms with Crippen molar-refractivity contribution < 1.29 is 9.59 Å². The van der Waals surface area contributed by atoms with Gasteiger partial charge in [-0.25, -0.2) is 0 Å². The van der Waals surface area contributed by atoms with Crippen LogP contribution in [0.15, 0.2) is 24.3 Å². The molecule has 1 fully saturated rings. The van der Waals surface area contributed by atoms with Gasteiger partial charge >= 0.3 is 0 Å². The first-order chi connectivity index (χ1) is 10.5. The molecule has 1 aromatic rings. The van der Waals surface area contributed by atoms with Crippen LogP contribution in [0.5, 0.6) is 0 Å². The normalized spacial score (nSPS) is 19.6. The van der Waals surface area contributed by atoms with Crippen molar-refractivity contribution in [2.45, 2.75) is 34.1 Å².